The van der Waals surface area contributed by atoms with Crippen LogP contribution in [-0.2, 0) is 13.5 Å². The molecule has 2 saturated heterocycles. The average Bonchev–Trinajstić information content (AvgIpc) is 3.71. The Bertz CT molecular complexity index is 2250. The average molecular weight is 691 g/mol. The van der Waals surface area contributed by atoms with Crippen molar-refractivity contribution in [3.63, 3.8) is 0 Å². The molecule has 1 aliphatic carbocycles. The number of urea groups is 1. The van der Waals surface area contributed by atoms with Crippen molar-refractivity contribution in [2.45, 2.75) is 51.1 Å². The van der Waals surface area contributed by atoms with E-state index in [1.54, 1.807) is 20.4 Å². The van der Waals surface area contributed by atoms with E-state index >= 15 is 0 Å². The number of pyridine rings is 2. The Morgan fingerprint density at radius 1 is 1.04 bits per heavy atom. The molecule has 12 heteroatoms. The van der Waals surface area contributed by atoms with Crippen molar-refractivity contribution in [2.75, 3.05) is 32.1 Å². The molecule has 50 heavy (non-hydrogen) atoms. The van der Waals surface area contributed by atoms with Crippen molar-refractivity contribution in [1.82, 2.24) is 35.3 Å². The molecule has 3 aromatic heterocycles. The monoisotopic (exact) mass is 690 g/mol. The van der Waals surface area contributed by atoms with Crippen LogP contribution >= 0.6 is 11.6 Å². The van der Waals surface area contributed by atoms with Crippen molar-refractivity contribution >= 4 is 39.9 Å². The number of nitrogens with zero attached hydrogens (tertiary/aromatic N) is 5. The van der Waals surface area contributed by atoms with Gasteiger partial charge in [-0.1, -0.05) is 41.9 Å². The predicted molar refractivity (Wildman–Crippen MR) is 195 cm³/mol. The third-order valence-corrected chi connectivity index (χ3v) is 11.0. The van der Waals surface area contributed by atoms with Crippen molar-refractivity contribution < 1.29 is 9.53 Å². The number of methoxy groups -OCH3 is 1. The van der Waals surface area contributed by atoms with E-state index in [0.717, 1.165) is 89.1 Å². The maximum Gasteiger partial charge on any atom is 0.315 e. The lowest BCUT2D eigenvalue weighted by atomic mass is 9.93. The number of amides is 2. The quantitative estimate of drug-likeness (QED) is 0.192. The first-order valence-electron chi connectivity index (χ1n) is 17.0. The Morgan fingerprint density at radius 3 is 2.66 bits per heavy atom. The summed E-state index contributed by atoms with van der Waals surface area (Å²) < 4.78 is 7.28. The molecule has 5 aromatic rings. The number of nitrogens with one attached hydrogen (secondary N) is 3. The van der Waals surface area contributed by atoms with Crippen LogP contribution in [0.2, 0.25) is 5.02 Å². The molecule has 0 unspecified atom stereocenters. The van der Waals surface area contributed by atoms with Gasteiger partial charge >= 0.3 is 6.03 Å². The molecule has 3 N–H and O–H groups in total. The van der Waals surface area contributed by atoms with E-state index in [9.17, 15) is 9.59 Å². The summed E-state index contributed by atoms with van der Waals surface area (Å²) in [7, 11) is 3.31. The lowest BCUT2D eigenvalue weighted by molar-refractivity contribution is 0.187. The van der Waals surface area contributed by atoms with Crippen LogP contribution in [0.15, 0.2) is 59.5 Å². The molecule has 256 valence electrons. The lowest BCUT2D eigenvalue weighted by Crippen LogP contribution is -2.59. The fourth-order valence-electron chi connectivity index (χ4n) is 8.09. The predicted octanol–water partition coefficient (Wildman–Crippen LogP) is 6.21. The van der Waals surface area contributed by atoms with Gasteiger partial charge in [-0.15, -0.1) is 0 Å². The summed E-state index contributed by atoms with van der Waals surface area (Å²) in [6, 6.07) is 16.1. The van der Waals surface area contributed by atoms with Crippen LogP contribution in [0.25, 0.3) is 33.2 Å². The number of rotatable bonds is 6. The minimum atomic E-state index is -0.217. The molecular formula is C38H39ClN8O3. The lowest BCUT2D eigenvalue weighted by Gasteiger charge is -2.36. The zero-order valence-electron chi connectivity index (χ0n) is 28.6. The molecule has 0 bridgehead atoms. The Hall–Kier alpha value is -5.00. The number of halogens is 1. The summed E-state index contributed by atoms with van der Waals surface area (Å²) in [5.74, 6) is 1.11. The smallest absolute Gasteiger partial charge is 0.315 e. The summed E-state index contributed by atoms with van der Waals surface area (Å²) in [5, 5.41) is 15.5. The number of aromatic nitrogens is 4. The van der Waals surface area contributed by atoms with E-state index in [1.165, 1.54) is 10.2 Å². The minimum absolute atomic E-state index is 0.0760. The highest BCUT2D eigenvalue weighted by atomic mass is 35.5. The highest BCUT2D eigenvalue weighted by Crippen LogP contribution is 2.46. The molecule has 2 amide bonds. The minimum Gasteiger partial charge on any atom is -0.481 e. The Labute approximate surface area is 295 Å². The summed E-state index contributed by atoms with van der Waals surface area (Å²) in [5.41, 5.74) is 7.94. The SMILES string of the molecule is COc1nc(-c2cccc(-c3cccc(Nc4nc(C)cc5cnn(C)c(=O)c45)c3C)c2Cl)cc2c1[C@@H](N1CC[C@]3(CCNC(=O)N3)C1)CC2. The zero-order valence-corrected chi connectivity index (χ0v) is 29.3. The van der Waals surface area contributed by atoms with Crippen LogP contribution in [0.4, 0.5) is 16.3 Å². The molecule has 2 atom stereocenters. The summed E-state index contributed by atoms with van der Waals surface area (Å²) in [4.78, 5) is 37.5. The van der Waals surface area contributed by atoms with Gasteiger partial charge in [-0.3, -0.25) is 9.69 Å². The standard InChI is InChI=1S/C38H39ClN8O3/c1-21-17-24-19-41-46(3)36(48)32(24)34(42-21)43-28-10-6-7-25(22(28)2)26-8-5-9-27(33(26)39)29-18-23-11-12-30(31(23)35(44-29)50-4)47-16-14-38(20-47)13-15-40-37(49)45-38/h5-10,17-19,30H,11-16,20H2,1-4H3,(H,42,43)(H2,40,45,49)/t30-,38+/m0/s1. The van der Waals surface area contributed by atoms with E-state index in [4.69, 9.17) is 26.3 Å². The van der Waals surface area contributed by atoms with Crippen LogP contribution in [0, 0.1) is 13.8 Å². The van der Waals surface area contributed by atoms with Gasteiger partial charge in [0, 0.05) is 66.2 Å². The van der Waals surface area contributed by atoms with E-state index < -0.39 is 0 Å². The number of aryl methyl sites for hydroxylation is 3. The van der Waals surface area contributed by atoms with E-state index in [0.29, 0.717) is 28.7 Å². The molecule has 0 saturated carbocycles. The molecule has 8 rings (SSSR count). The van der Waals surface area contributed by atoms with Crippen LogP contribution < -0.4 is 26.2 Å². The second kappa shape index (κ2) is 12.4. The summed E-state index contributed by atoms with van der Waals surface area (Å²) >= 11 is 7.26. The molecule has 2 fully saturated rings. The number of ether oxygens (including phenoxy) is 1. The van der Waals surface area contributed by atoms with E-state index in [-0.39, 0.29) is 23.2 Å². The van der Waals surface area contributed by atoms with Crippen LogP contribution in [0.1, 0.15) is 47.7 Å². The highest BCUT2D eigenvalue weighted by molar-refractivity contribution is 6.36. The number of hydrogen-bond acceptors (Lipinski definition) is 8. The first-order chi connectivity index (χ1) is 24.1. The summed E-state index contributed by atoms with van der Waals surface area (Å²) in [6.07, 6.45) is 5.43. The van der Waals surface area contributed by atoms with Gasteiger partial charge in [0.15, 0.2) is 0 Å². The fourth-order valence-corrected chi connectivity index (χ4v) is 8.41. The van der Waals surface area contributed by atoms with Crippen molar-refractivity contribution in [2.24, 2.45) is 7.05 Å². The molecule has 11 nitrogen and oxygen atoms in total. The number of benzene rings is 2. The number of likely N-dealkylation sites (tertiary alicyclic amines) is 1. The van der Waals surface area contributed by atoms with Gasteiger partial charge in [-0.2, -0.15) is 5.10 Å². The number of hydrogen-bond donors (Lipinski definition) is 3. The topological polar surface area (TPSA) is 126 Å². The Kier molecular flexibility index (Phi) is 7.99. The third kappa shape index (κ3) is 5.45. The van der Waals surface area contributed by atoms with Gasteiger partial charge < -0.3 is 20.7 Å². The van der Waals surface area contributed by atoms with Crippen molar-refractivity contribution in [3.8, 4) is 28.3 Å². The van der Waals surface area contributed by atoms with E-state index in [1.807, 2.05) is 56.3 Å². The highest BCUT2D eigenvalue weighted by Gasteiger charge is 2.45. The first kappa shape index (κ1) is 32.2. The van der Waals surface area contributed by atoms with Crippen molar-refractivity contribution in [1.29, 1.82) is 0 Å². The van der Waals surface area contributed by atoms with Gasteiger partial charge in [-0.05, 0) is 74.4 Å². The third-order valence-electron chi connectivity index (χ3n) is 10.6. The van der Waals surface area contributed by atoms with Crippen molar-refractivity contribution in [3.05, 3.63) is 92.5 Å². The molecular weight excluding hydrogens is 652 g/mol. The largest absolute Gasteiger partial charge is 0.481 e. The first-order valence-corrected chi connectivity index (χ1v) is 17.4. The van der Waals surface area contributed by atoms with Crippen LogP contribution in [0.5, 0.6) is 5.88 Å². The maximum absolute atomic E-state index is 13.1. The molecule has 0 radical (unpaired) electrons. The Morgan fingerprint density at radius 2 is 1.84 bits per heavy atom. The number of anilines is 2. The van der Waals surface area contributed by atoms with E-state index in [2.05, 4.69) is 32.0 Å². The van der Waals surface area contributed by atoms with Gasteiger partial charge in [0.1, 0.15) is 5.82 Å². The Balaban J connectivity index is 1.12. The second-order valence-corrected chi connectivity index (χ2v) is 14.1. The van der Waals surface area contributed by atoms with Crippen LogP contribution in [-0.4, -0.2) is 63.0 Å². The normalized spacial score (nSPS) is 20.2. The fraction of sp³-hybridized carbons (Fsp3) is 0.342. The van der Waals surface area contributed by atoms with Crippen LogP contribution in [0.3, 0.4) is 0 Å². The molecule has 3 aliphatic rings. The number of carbonyl (C=O) groups is 1. The second-order valence-electron chi connectivity index (χ2n) is 13.7. The zero-order chi connectivity index (χ0) is 34.7. The van der Waals surface area contributed by atoms with Gasteiger partial charge in [0.25, 0.3) is 5.56 Å². The van der Waals surface area contributed by atoms with Gasteiger partial charge in [0.2, 0.25) is 5.88 Å². The molecule has 1 spiro atoms. The number of fused-ring (bicyclic) bond motifs is 2. The number of carbonyl (C=O) groups excluding carboxylic acids is 1. The molecule has 2 aliphatic heterocycles. The summed E-state index contributed by atoms with van der Waals surface area (Å²) in [6.45, 7) is 6.37. The van der Waals surface area contributed by atoms with Gasteiger partial charge in [0.05, 0.1) is 34.9 Å². The molecule has 5 heterocycles. The molecule has 2 aromatic carbocycles. The maximum atomic E-state index is 13.1. The van der Waals surface area contributed by atoms with Gasteiger partial charge in [-0.25, -0.2) is 19.4 Å².